The number of carboxylic acid groups (broad SMARTS) is 1. The van der Waals surface area contributed by atoms with E-state index in [2.05, 4.69) is 5.32 Å². The second kappa shape index (κ2) is 5.13. The average Bonchev–Trinajstić information content (AvgIpc) is 2.25. The van der Waals surface area contributed by atoms with Crippen LogP contribution in [0.4, 0.5) is 5.69 Å². The van der Waals surface area contributed by atoms with Gasteiger partial charge < -0.3 is 21.9 Å². The summed E-state index contributed by atoms with van der Waals surface area (Å²) >= 11 is 0. The minimum absolute atomic E-state index is 0.136. The van der Waals surface area contributed by atoms with Crippen molar-refractivity contribution in [2.24, 2.45) is 5.73 Å². The molecule has 1 aromatic rings. The lowest BCUT2D eigenvalue weighted by molar-refractivity contribution is -0.138. The van der Waals surface area contributed by atoms with Crippen LogP contribution in [0, 0.1) is 0 Å². The van der Waals surface area contributed by atoms with Gasteiger partial charge in [0.15, 0.2) is 0 Å². The van der Waals surface area contributed by atoms with Crippen LogP contribution in [0.3, 0.4) is 0 Å². The van der Waals surface area contributed by atoms with Crippen molar-refractivity contribution in [1.29, 1.82) is 0 Å². The number of anilines is 1. The fraction of sp³-hybridized carbons (Fsp3) is 0.200. The maximum atomic E-state index is 11.6. The molecule has 0 saturated heterocycles. The number of benzene rings is 1. The van der Waals surface area contributed by atoms with Crippen LogP contribution in [-0.4, -0.2) is 29.6 Å². The molecule has 0 aromatic heterocycles. The largest absolute Gasteiger partial charge is 0.480 e. The Morgan fingerprint density at radius 2 is 2.00 bits per heavy atom. The summed E-state index contributed by atoms with van der Waals surface area (Å²) in [4.78, 5) is 22.0. The molecule has 1 aromatic carbocycles. The zero-order valence-corrected chi connectivity index (χ0v) is 8.51. The highest BCUT2D eigenvalue weighted by Crippen LogP contribution is 2.09. The highest BCUT2D eigenvalue weighted by molar-refractivity contribution is 5.99. The van der Waals surface area contributed by atoms with Gasteiger partial charge in [0.05, 0.1) is 5.56 Å². The number of aliphatic carboxylic acids is 1. The van der Waals surface area contributed by atoms with Gasteiger partial charge in [0, 0.05) is 12.2 Å². The molecule has 0 aliphatic rings. The first-order valence-electron chi connectivity index (χ1n) is 4.63. The molecule has 0 aliphatic carbocycles. The predicted octanol–water partition coefficient (Wildman–Crippen LogP) is -0.590. The van der Waals surface area contributed by atoms with Crippen LogP contribution >= 0.6 is 0 Å². The van der Waals surface area contributed by atoms with Crippen LogP contribution in [0.5, 0.6) is 0 Å². The molecule has 0 heterocycles. The molecule has 6 nitrogen and oxygen atoms in total. The zero-order chi connectivity index (χ0) is 12.1. The number of carbonyl (C=O) groups is 2. The van der Waals surface area contributed by atoms with Crippen LogP contribution in [0.25, 0.3) is 0 Å². The summed E-state index contributed by atoms with van der Waals surface area (Å²) in [6, 6.07) is 5.40. The number of nitrogens with two attached hydrogens (primary N) is 2. The zero-order valence-electron chi connectivity index (χ0n) is 8.51. The van der Waals surface area contributed by atoms with Crippen molar-refractivity contribution < 1.29 is 14.7 Å². The van der Waals surface area contributed by atoms with Gasteiger partial charge in [-0.25, -0.2) is 0 Å². The van der Waals surface area contributed by atoms with Gasteiger partial charge in [-0.1, -0.05) is 12.1 Å². The van der Waals surface area contributed by atoms with Crippen molar-refractivity contribution in [2.45, 2.75) is 6.04 Å². The van der Waals surface area contributed by atoms with E-state index < -0.39 is 17.9 Å². The van der Waals surface area contributed by atoms with E-state index in [9.17, 15) is 9.59 Å². The Morgan fingerprint density at radius 3 is 2.56 bits per heavy atom. The van der Waals surface area contributed by atoms with E-state index in [1.54, 1.807) is 24.3 Å². The number of amides is 1. The highest BCUT2D eigenvalue weighted by Gasteiger charge is 2.14. The molecule has 0 aliphatic heterocycles. The quantitative estimate of drug-likeness (QED) is 0.509. The van der Waals surface area contributed by atoms with Crippen molar-refractivity contribution in [3.05, 3.63) is 29.8 Å². The van der Waals surface area contributed by atoms with E-state index >= 15 is 0 Å². The summed E-state index contributed by atoms with van der Waals surface area (Å²) in [5, 5.41) is 10.9. The molecule has 0 radical (unpaired) electrons. The molecule has 6 N–H and O–H groups in total. The normalized spacial score (nSPS) is 11.8. The molecular weight excluding hydrogens is 210 g/mol. The Morgan fingerprint density at radius 1 is 1.38 bits per heavy atom. The first-order valence-corrected chi connectivity index (χ1v) is 4.63. The van der Waals surface area contributed by atoms with Gasteiger partial charge in [0.1, 0.15) is 6.04 Å². The van der Waals surface area contributed by atoms with Gasteiger partial charge in [-0.05, 0) is 12.1 Å². The van der Waals surface area contributed by atoms with Gasteiger partial charge in [-0.15, -0.1) is 0 Å². The van der Waals surface area contributed by atoms with Gasteiger partial charge in [0.25, 0.3) is 5.91 Å². The van der Waals surface area contributed by atoms with Gasteiger partial charge in [-0.2, -0.15) is 0 Å². The molecule has 86 valence electrons. The summed E-state index contributed by atoms with van der Waals surface area (Å²) in [5.74, 6) is -1.60. The van der Waals surface area contributed by atoms with Crippen LogP contribution in [-0.2, 0) is 4.79 Å². The fourth-order valence-corrected chi connectivity index (χ4v) is 1.09. The van der Waals surface area contributed by atoms with E-state index in [0.717, 1.165) is 0 Å². The second-order valence-corrected chi connectivity index (χ2v) is 3.24. The van der Waals surface area contributed by atoms with E-state index in [4.69, 9.17) is 16.6 Å². The molecule has 0 bridgehead atoms. The van der Waals surface area contributed by atoms with Crippen molar-refractivity contribution >= 4 is 17.6 Å². The van der Waals surface area contributed by atoms with Crippen LogP contribution in [0.1, 0.15) is 10.4 Å². The molecule has 0 unspecified atom stereocenters. The highest BCUT2D eigenvalue weighted by atomic mass is 16.4. The second-order valence-electron chi connectivity index (χ2n) is 3.24. The summed E-state index contributed by atoms with van der Waals surface area (Å²) < 4.78 is 0. The number of carboxylic acids is 1. The fourth-order valence-electron chi connectivity index (χ4n) is 1.09. The summed E-state index contributed by atoms with van der Waals surface area (Å²) in [5.41, 5.74) is 11.5. The maximum absolute atomic E-state index is 11.6. The minimum atomic E-state index is -1.17. The van der Waals surface area contributed by atoms with Crippen molar-refractivity contribution in [2.75, 3.05) is 12.3 Å². The summed E-state index contributed by atoms with van der Waals surface area (Å²) in [7, 11) is 0. The first-order chi connectivity index (χ1) is 7.52. The van der Waals surface area contributed by atoms with Crippen LogP contribution < -0.4 is 16.8 Å². The summed E-state index contributed by atoms with van der Waals surface area (Å²) in [6.07, 6.45) is 0. The molecule has 1 atom stereocenters. The Hall–Kier alpha value is -2.08. The number of hydrogen-bond acceptors (Lipinski definition) is 4. The Labute approximate surface area is 92.2 Å². The topological polar surface area (TPSA) is 118 Å². The van der Waals surface area contributed by atoms with Gasteiger partial charge in [-0.3, -0.25) is 9.59 Å². The molecule has 0 fully saturated rings. The van der Waals surface area contributed by atoms with E-state index in [-0.39, 0.29) is 6.54 Å². The molecule has 6 heteroatoms. The van der Waals surface area contributed by atoms with E-state index in [0.29, 0.717) is 11.3 Å². The monoisotopic (exact) mass is 223 g/mol. The molecule has 16 heavy (non-hydrogen) atoms. The van der Waals surface area contributed by atoms with Crippen molar-refractivity contribution in [1.82, 2.24) is 5.32 Å². The number of carbonyl (C=O) groups excluding carboxylic acids is 1. The molecule has 1 amide bonds. The van der Waals surface area contributed by atoms with Crippen LogP contribution in [0.2, 0.25) is 0 Å². The molecule has 0 spiro atoms. The third-order valence-corrected chi connectivity index (χ3v) is 2.01. The average molecular weight is 223 g/mol. The Bertz CT molecular complexity index is 406. The molecule has 1 rings (SSSR count). The van der Waals surface area contributed by atoms with Crippen molar-refractivity contribution in [3.63, 3.8) is 0 Å². The Balaban J connectivity index is 2.60. The smallest absolute Gasteiger partial charge is 0.322 e. The van der Waals surface area contributed by atoms with Gasteiger partial charge >= 0.3 is 5.97 Å². The minimum Gasteiger partial charge on any atom is -0.480 e. The van der Waals surface area contributed by atoms with Gasteiger partial charge in [0.2, 0.25) is 0 Å². The number of nitrogens with one attached hydrogen (secondary N) is 1. The predicted molar refractivity (Wildman–Crippen MR) is 58.8 cm³/mol. The first kappa shape index (κ1) is 12.0. The molecule has 0 saturated carbocycles. The lowest BCUT2D eigenvalue weighted by Crippen LogP contribution is -2.42. The molecular formula is C10H13N3O3. The number of para-hydroxylation sites is 1. The maximum Gasteiger partial charge on any atom is 0.322 e. The number of nitrogen functional groups attached to an aromatic ring is 1. The Kier molecular flexibility index (Phi) is 3.84. The van der Waals surface area contributed by atoms with Crippen LogP contribution in [0.15, 0.2) is 24.3 Å². The third kappa shape index (κ3) is 2.96. The third-order valence-electron chi connectivity index (χ3n) is 2.01. The van der Waals surface area contributed by atoms with E-state index in [1.807, 2.05) is 0 Å². The summed E-state index contributed by atoms with van der Waals surface area (Å²) in [6.45, 7) is -0.136. The van der Waals surface area contributed by atoms with Crippen molar-refractivity contribution in [3.8, 4) is 0 Å². The SMILES string of the molecule is Nc1ccccc1C(=O)NC[C@H](N)C(=O)O. The number of rotatable bonds is 4. The lowest BCUT2D eigenvalue weighted by atomic mass is 10.1. The lowest BCUT2D eigenvalue weighted by Gasteiger charge is -2.09. The van der Waals surface area contributed by atoms with E-state index in [1.165, 1.54) is 0 Å². The number of hydrogen-bond donors (Lipinski definition) is 4. The standard InChI is InChI=1S/C10H13N3O3/c11-7-4-2-1-3-6(7)9(14)13-5-8(12)10(15)16/h1-4,8H,5,11-12H2,(H,13,14)(H,15,16)/t8-/m0/s1.